The molecule has 15 heavy (non-hydrogen) atoms. The van der Waals surface area contributed by atoms with Crippen molar-refractivity contribution >= 4 is 28.2 Å². The van der Waals surface area contributed by atoms with E-state index in [4.69, 9.17) is 0 Å². The number of allylic oxidation sites excluding steroid dienone is 1. The molecule has 1 aromatic carbocycles. The molecule has 2 heteroatoms. The third-order valence-electron chi connectivity index (χ3n) is 2.41. The summed E-state index contributed by atoms with van der Waals surface area (Å²) >= 11 is 2.39. The van der Waals surface area contributed by atoms with Crippen molar-refractivity contribution in [1.29, 1.82) is 0 Å². The Morgan fingerprint density at radius 2 is 1.93 bits per heavy atom. The number of rotatable bonds is 4. The molecule has 0 atom stereocenters. The van der Waals surface area contributed by atoms with Gasteiger partial charge in [0.15, 0.2) is 0 Å². The molecule has 0 aromatic heterocycles. The van der Waals surface area contributed by atoms with Gasteiger partial charge in [0.2, 0.25) is 0 Å². The molecule has 1 nitrogen and oxygen atoms in total. The van der Waals surface area contributed by atoms with E-state index >= 15 is 0 Å². The van der Waals surface area contributed by atoms with Crippen molar-refractivity contribution in [3.63, 3.8) is 0 Å². The number of halogens is 1. The molecule has 0 saturated heterocycles. The first kappa shape index (κ1) is 12.6. The lowest BCUT2D eigenvalue weighted by molar-refractivity contribution is 0.866. The van der Waals surface area contributed by atoms with Gasteiger partial charge in [0.25, 0.3) is 0 Å². The smallest absolute Gasteiger partial charge is 0.0267 e. The highest BCUT2D eigenvalue weighted by atomic mass is 127. The summed E-state index contributed by atoms with van der Waals surface area (Å²) in [5, 5.41) is 3.09. The van der Waals surface area contributed by atoms with E-state index < -0.39 is 0 Å². The second-order valence-corrected chi connectivity index (χ2v) is 4.63. The Balaban J connectivity index is 2.92. The molecule has 0 bridgehead atoms. The van der Waals surface area contributed by atoms with E-state index in [2.05, 4.69) is 72.2 Å². The minimum absolute atomic E-state index is 0.607. The fraction of sp³-hybridized carbons (Fsp3) is 0.385. The molecule has 0 saturated carbocycles. The van der Waals surface area contributed by atoms with Crippen molar-refractivity contribution in [2.45, 2.75) is 19.8 Å². The molecule has 0 radical (unpaired) electrons. The summed E-state index contributed by atoms with van der Waals surface area (Å²) < 4.78 is 1.03. The highest BCUT2D eigenvalue weighted by Gasteiger charge is 2.01. The van der Waals surface area contributed by atoms with E-state index in [0.29, 0.717) is 5.92 Å². The van der Waals surface area contributed by atoms with Crippen LogP contribution in [0.3, 0.4) is 0 Å². The fourth-order valence-corrected chi connectivity index (χ4v) is 2.12. The molecule has 0 amide bonds. The molecule has 0 spiro atoms. The van der Waals surface area contributed by atoms with Gasteiger partial charge in [-0.2, -0.15) is 0 Å². The van der Waals surface area contributed by atoms with Crippen molar-refractivity contribution in [2.24, 2.45) is 0 Å². The van der Waals surface area contributed by atoms with Crippen LogP contribution >= 0.6 is 22.6 Å². The van der Waals surface area contributed by atoms with Gasteiger partial charge in [-0.25, -0.2) is 0 Å². The maximum atomic E-state index is 3.09. The maximum absolute atomic E-state index is 3.09. The molecule has 0 unspecified atom stereocenters. The van der Waals surface area contributed by atoms with Gasteiger partial charge in [-0.3, -0.25) is 0 Å². The monoisotopic (exact) mass is 315 g/mol. The van der Waals surface area contributed by atoms with Crippen LogP contribution in [0.15, 0.2) is 30.5 Å². The Morgan fingerprint density at radius 1 is 1.33 bits per heavy atom. The van der Waals surface area contributed by atoms with E-state index in [1.165, 1.54) is 16.7 Å². The number of alkyl halides is 1. The predicted molar refractivity (Wildman–Crippen MR) is 76.5 cm³/mol. The van der Waals surface area contributed by atoms with Gasteiger partial charge in [-0.1, -0.05) is 60.7 Å². The lowest BCUT2D eigenvalue weighted by Gasteiger charge is -2.08. The summed E-state index contributed by atoms with van der Waals surface area (Å²) in [5.74, 6) is 0.607. The zero-order valence-electron chi connectivity index (χ0n) is 9.55. The number of benzene rings is 1. The topological polar surface area (TPSA) is 12.0 Å². The van der Waals surface area contributed by atoms with Crippen LogP contribution < -0.4 is 5.32 Å². The van der Waals surface area contributed by atoms with Crippen LogP contribution in [0.5, 0.6) is 0 Å². The summed E-state index contributed by atoms with van der Waals surface area (Å²) in [5.41, 5.74) is 4.05. The van der Waals surface area contributed by atoms with Crippen molar-refractivity contribution in [3.8, 4) is 0 Å². The third-order valence-corrected chi connectivity index (χ3v) is 3.23. The van der Waals surface area contributed by atoms with Crippen LogP contribution in [0.4, 0.5) is 0 Å². The summed E-state index contributed by atoms with van der Waals surface area (Å²) in [6, 6.07) is 8.85. The molecular weight excluding hydrogens is 297 g/mol. The Bertz CT molecular complexity index is 325. The predicted octanol–water partition coefficient (Wildman–Crippen LogP) is 3.81. The average Bonchev–Trinajstić information content (AvgIpc) is 2.26. The first-order valence-corrected chi connectivity index (χ1v) is 6.74. The molecule has 1 N–H and O–H groups in total. The van der Waals surface area contributed by atoms with E-state index in [9.17, 15) is 0 Å². The van der Waals surface area contributed by atoms with Crippen LogP contribution in [0.2, 0.25) is 0 Å². The second-order valence-electron chi connectivity index (χ2n) is 3.87. The van der Waals surface area contributed by atoms with Gasteiger partial charge in [0.05, 0.1) is 0 Å². The van der Waals surface area contributed by atoms with Crippen LogP contribution in [-0.2, 0) is 0 Å². The quantitative estimate of drug-likeness (QED) is 0.658. The molecule has 0 aliphatic carbocycles. The van der Waals surface area contributed by atoms with E-state index in [-0.39, 0.29) is 0 Å². The van der Waals surface area contributed by atoms with Crippen LogP contribution in [0.1, 0.15) is 30.9 Å². The van der Waals surface area contributed by atoms with Gasteiger partial charge < -0.3 is 5.32 Å². The number of nitrogens with one attached hydrogen (secondary N) is 1. The lowest BCUT2D eigenvalue weighted by Crippen LogP contribution is -1.97. The van der Waals surface area contributed by atoms with Crippen molar-refractivity contribution < 1.29 is 0 Å². The minimum atomic E-state index is 0.607. The Morgan fingerprint density at radius 3 is 2.33 bits per heavy atom. The molecular formula is C13H18IN. The lowest BCUT2D eigenvalue weighted by atomic mass is 10.00. The van der Waals surface area contributed by atoms with Crippen LogP contribution in [0, 0.1) is 0 Å². The zero-order chi connectivity index (χ0) is 11.3. The first-order valence-electron chi connectivity index (χ1n) is 5.21. The summed E-state index contributed by atoms with van der Waals surface area (Å²) in [4.78, 5) is 0. The van der Waals surface area contributed by atoms with Crippen molar-refractivity contribution in [3.05, 3.63) is 41.6 Å². The summed E-state index contributed by atoms with van der Waals surface area (Å²) in [7, 11) is 1.94. The van der Waals surface area contributed by atoms with Crippen molar-refractivity contribution in [2.75, 3.05) is 11.5 Å². The summed E-state index contributed by atoms with van der Waals surface area (Å²) in [6.07, 6.45) is 2.07. The molecule has 1 rings (SSSR count). The highest BCUT2D eigenvalue weighted by molar-refractivity contribution is 14.1. The van der Waals surface area contributed by atoms with Gasteiger partial charge in [-0.15, -0.1) is 0 Å². The van der Waals surface area contributed by atoms with Crippen LogP contribution in [0.25, 0.3) is 5.57 Å². The van der Waals surface area contributed by atoms with Gasteiger partial charge in [0.1, 0.15) is 0 Å². The summed E-state index contributed by atoms with van der Waals surface area (Å²) in [6.45, 7) is 4.44. The van der Waals surface area contributed by atoms with E-state index in [1.807, 2.05) is 7.05 Å². The molecule has 82 valence electrons. The highest BCUT2D eigenvalue weighted by Crippen LogP contribution is 2.20. The SMILES string of the molecule is CN/C=C(\CI)c1ccc(C(C)C)cc1. The molecule has 0 fully saturated rings. The van der Waals surface area contributed by atoms with E-state index in [0.717, 1.165) is 4.43 Å². The Hall–Kier alpha value is -0.510. The maximum Gasteiger partial charge on any atom is 0.0267 e. The fourth-order valence-electron chi connectivity index (χ4n) is 1.46. The van der Waals surface area contributed by atoms with Crippen molar-refractivity contribution in [1.82, 2.24) is 5.32 Å². The molecule has 0 aliphatic heterocycles. The zero-order valence-corrected chi connectivity index (χ0v) is 11.7. The normalized spacial score (nSPS) is 11.9. The molecule has 1 aromatic rings. The second kappa shape index (κ2) is 6.16. The van der Waals surface area contributed by atoms with E-state index in [1.54, 1.807) is 0 Å². The number of hydrogen-bond acceptors (Lipinski definition) is 1. The molecule has 0 aliphatic rings. The largest absolute Gasteiger partial charge is 0.394 e. The van der Waals surface area contributed by atoms with Crippen LogP contribution in [-0.4, -0.2) is 11.5 Å². The third kappa shape index (κ3) is 3.52. The first-order chi connectivity index (χ1) is 7.19. The average molecular weight is 315 g/mol. The van der Waals surface area contributed by atoms with Gasteiger partial charge in [-0.05, 0) is 22.6 Å². The number of hydrogen-bond donors (Lipinski definition) is 1. The minimum Gasteiger partial charge on any atom is -0.394 e. The van der Waals surface area contributed by atoms with Gasteiger partial charge in [0, 0.05) is 17.7 Å². The Kier molecular flexibility index (Phi) is 5.15. The standard InChI is InChI=1S/C13H18IN/c1-10(2)11-4-6-12(7-5-11)13(8-14)9-15-3/h4-7,9-10,15H,8H2,1-3H3/b13-9+. The molecule has 0 heterocycles. The Labute approximate surface area is 106 Å². The van der Waals surface area contributed by atoms with Gasteiger partial charge >= 0.3 is 0 Å².